The lowest BCUT2D eigenvalue weighted by molar-refractivity contribution is 0.618. The highest BCUT2D eigenvalue weighted by atomic mass is 35.5. The fraction of sp³-hybridized carbons (Fsp3) is 0.130. The first-order valence-electron chi connectivity index (χ1n) is 9.06. The molecule has 0 radical (unpaired) electrons. The molecule has 0 unspecified atom stereocenters. The molecule has 1 aliphatic rings. The molecule has 0 fully saturated rings. The summed E-state index contributed by atoms with van der Waals surface area (Å²) in [7, 11) is 0. The van der Waals surface area contributed by atoms with Crippen molar-refractivity contribution in [2.45, 2.75) is 19.3 Å². The Morgan fingerprint density at radius 1 is 1.07 bits per heavy atom. The molecule has 1 aliphatic carbocycles. The molecular formula is C23H14ClFN2O. The van der Waals surface area contributed by atoms with Crippen molar-refractivity contribution in [3.63, 3.8) is 0 Å². The number of aromatic nitrogens is 1. The fourth-order valence-electron chi connectivity index (χ4n) is 3.93. The zero-order valence-corrected chi connectivity index (χ0v) is 15.6. The largest absolute Gasteiger partial charge is 0.435 e. The Bertz CT molecular complexity index is 1290. The van der Waals surface area contributed by atoms with Crippen LogP contribution in [0.25, 0.3) is 33.7 Å². The third-order valence-corrected chi connectivity index (χ3v) is 5.64. The maximum Gasteiger partial charge on any atom is 0.228 e. The first-order valence-corrected chi connectivity index (χ1v) is 9.43. The first-order chi connectivity index (χ1) is 13.7. The van der Waals surface area contributed by atoms with Gasteiger partial charge in [-0.25, -0.2) is 9.37 Å². The van der Waals surface area contributed by atoms with Gasteiger partial charge in [-0.3, -0.25) is 0 Å². The van der Waals surface area contributed by atoms with Gasteiger partial charge in [0.2, 0.25) is 5.89 Å². The number of nitriles is 1. The third kappa shape index (κ3) is 2.59. The number of fused-ring (bicyclic) bond motifs is 2. The number of rotatable bonds is 2. The van der Waals surface area contributed by atoms with Gasteiger partial charge in [0.05, 0.1) is 10.6 Å². The highest BCUT2D eigenvalue weighted by Crippen LogP contribution is 2.39. The standard InChI is InChI=1S/C23H14ClFN2O/c24-21-17(13-4-1-6-15(25)10-13)8-3-9-18(21)23-27-20-11-14-5-2-7-16(14)19(12-26)22(20)28-23/h1,3-4,6,8-11H,2,5,7H2. The molecule has 0 aliphatic heterocycles. The average Bonchev–Trinajstić information content (AvgIpc) is 3.32. The van der Waals surface area contributed by atoms with E-state index in [0.29, 0.717) is 44.3 Å². The van der Waals surface area contributed by atoms with Gasteiger partial charge in [-0.05, 0) is 60.2 Å². The second-order valence-corrected chi connectivity index (χ2v) is 7.28. The van der Waals surface area contributed by atoms with E-state index >= 15 is 0 Å². The van der Waals surface area contributed by atoms with Crippen molar-refractivity contribution in [2.24, 2.45) is 0 Å². The summed E-state index contributed by atoms with van der Waals surface area (Å²) in [6.45, 7) is 0. The molecule has 136 valence electrons. The Hall–Kier alpha value is -3.16. The molecule has 0 atom stereocenters. The van der Waals surface area contributed by atoms with E-state index < -0.39 is 0 Å². The second kappa shape index (κ2) is 6.47. The SMILES string of the molecule is N#Cc1c2c(cc3nc(-c4cccc(-c5cccc(F)c5)c4Cl)oc13)CCC2. The second-order valence-electron chi connectivity index (χ2n) is 6.90. The van der Waals surface area contributed by atoms with Crippen LogP contribution in [0.3, 0.4) is 0 Å². The lowest BCUT2D eigenvalue weighted by Crippen LogP contribution is -1.89. The number of aryl methyl sites for hydroxylation is 1. The lowest BCUT2D eigenvalue weighted by atomic mass is 10.0. The molecule has 1 heterocycles. The summed E-state index contributed by atoms with van der Waals surface area (Å²) in [4.78, 5) is 4.61. The van der Waals surface area contributed by atoms with Crippen LogP contribution in [0.4, 0.5) is 4.39 Å². The highest BCUT2D eigenvalue weighted by molar-refractivity contribution is 6.36. The van der Waals surface area contributed by atoms with Crippen LogP contribution in [0.15, 0.2) is 52.9 Å². The quantitative estimate of drug-likeness (QED) is 0.404. The van der Waals surface area contributed by atoms with Crippen LogP contribution < -0.4 is 0 Å². The molecule has 0 amide bonds. The smallest absolute Gasteiger partial charge is 0.228 e. The summed E-state index contributed by atoms with van der Waals surface area (Å²) in [6.07, 6.45) is 2.89. The van der Waals surface area contributed by atoms with E-state index in [1.165, 1.54) is 17.7 Å². The predicted molar refractivity (Wildman–Crippen MR) is 107 cm³/mol. The van der Waals surface area contributed by atoms with E-state index in [2.05, 4.69) is 11.1 Å². The molecule has 5 heteroatoms. The molecule has 0 N–H and O–H groups in total. The van der Waals surface area contributed by atoms with Crippen LogP contribution in [-0.2, 0) is 12.8 Å². The van der Waals surface area contributed by atoms with Gasteiger partial charge in [-0.2, -0.15) is 5.26 Å². The summed E-state index contributed by atoms with van der Waals surface area (Å²) >= 11 is 6.64. The molecule has 0 spiro atoms. The average molecular weight is 389 g/mol. The Kier molecular flexibility index (Phi) is 3.92. The summed E-state index contributed by atoms with van der Waals surface area (Å²) in [5.41, 5.74) is 5.97. The first kappa shape index (κ1) is 17.0. The summed E-state index contributed by atoms with van der Waals surface area (Å²) < 4.78 is 19.6. The zero-order valence-electron chi connectivity index (χ0n) is 14.8. The molecule has 0 saturated heterocycles. The lowest BCUT2D eigenvalue weighted by Gasteiger charge is -2.07. The monoisotopic (exact) mass is 388 g/mol. The minimum atomic E-state index is -0.325. The van der Waals surface area contributed by atoms with E-state index in [9.17, 15) is 9.65 Å². The van der Waals surface area contributed by atoms with Gasteiger partial charge in [-0.15, -0.1) is 0 Å². The zero-order chi connectivity index (χ0) is 19.3. The van der Waals surface area contributed by atoms with Crippen molar-refractivity contribution in [3.05, 3.63) is 76.1 Å². The minimum Gasteiger partial charge on any atom is -0.435 e. The Labute approximate surface area is 166 Å². The summed E-state index contributed by atoms with van der Waals surface area (Å²) in [5.74, 6) is 0.0347. The number of halogens is 2. The number of hydrogen-bond acceptors (Lipinski definition) is 3. The van der Waals surface area contributed by atoms with E-state index in [1.807, 2.05) is 24.3 Å². The van der Waals surface area contributed by atoms with Crippen LogP contribution in [-0.4, -0.2) is 4.98 Å². The molecule has 0 bridgehead atoms. The van der Waals surface area contributed by atoms with Crippen LogP contribution in [0.1, 0.15) is 23.1 Å². The van der Waals surface area contributed by atoms with Crippen molar-refractivity contribution in [2.75, 3.05) is 0 Å². The van der Waals surface area contributed by atoms with Gasteiger partial charge in [0, 0.05) is 5.56 Å². The van der Waals surface area contributed by atoms with Gasteiger partial charge in [0.15, 0.2) is 5.58 Å². The number of benzene rings is 3. The van der Waals surface area contributed by atoms with Crippen LogP contribution in [0, 0.1) is 17.1 Å². The van der Waals surface area contributed by atoms with Crippen LogP contribution >= 0.6 is 11.6 Å². The number of hydrogen-bond donors (Lipinski definition) is 0. The van der Waals surface area contributed by atoms with Gasteiger partial charge in [0.25, 0.3) is 0 Å². The normalized spacial score (nSPS) is 12.9. The molecule has 5 rings (SSSR count). The fourth-order valence-corrected chi connectivity index (χ4v) is 4.25. The molecule has 3 aromatic carbocycles. The maximum atomic E-state index is 13.6. The van der Waals surface area contributed by atoms with Gasteiger partial charge >= 0.3 is 0 Å². The van der Waals surface area contributed by atoms with Crippen molar-refractivity contribution in [1.82, 2.24) is 4.98 Å². The van der Waals surface area contributed by atoms with E-state index in [1.54, 1.807) is 12.1 Å². The summed E-state index contributed by atoms with van der Waals surface area (Å²) in [5, 5.41) is 10.1. The van der Waals surface area contributed by atoms with Gasteiger partial charge < -0.3 is 4.42 Å². The van der Waals surface area contributed by atoms with Crippen LogP contribution in [0.5, 0.6) is 0 Å². The van der Waals surface area contributed by atoms with Gasteiger partial charge in [-0.1, -0.05) is 35.9 Å². The molecule has 3 nitrogen and oxygen atoms in total. The summed E-state index contributed by atoms with van der Waals surface area (Å²) in [6, 6.07) is 16.1. The Morgan fingerprint density at radius 3 is 2.71 bits per heavy atom. The Morgan fingerprint density at radius 2 is 1.89 bits per heavy atom. The van der Waals surface area contributed by atoms with Gasteiger partial charge in [0.1, 0.15) is 23.0 Å². The minimum absolute atomic E-state index is 0.325. The van der Waals surface area contributed by atoms with Crippen molar-refractivity contribution in [3.8, 4) is 28.7 Å². The molecule has 0 saturated carbocycles. The number of nitrogens with zero attached hydrogens (tertiary/aromatic N) is 2. The Balaban J connectivity index is 1.69. The highest BCUT2D eigenvalue weighted by Gasteiger charge is 2.23. The molecule has 1 aromatic heterocycles. The molecular weight excluding hydrogens is 375 g/mol. The molecule has 28 heavy (non-hydrogen) atoms. The van der Waals surface area contributed by atoms with E-state index in [4.69, 9.17) is 16.0 Å². The van der Waals surface area contributed by atoms with E-state index in [-0.39, 0.29) is 5.82 Å². The third-order valence-electron chi connectivity index (χ3n) is 5.23. The van der Waals surface area contributed by atoms with Crippen molar-refractivity contribution in [1.29, 1.82) is 5.26 Å². The molecule has 4 aromatic rings. The predicted octanol–water partition coefficient (Wildman–Crippen LogP) is 6.31. The maximum absolute atomic E-state index is 13.6. The number of oxazole rings is 1. The van der Waals surface area contributed by atoms with E-state index in [0.717, 1.165) is 24.8 Å². The van der Waals surface area contributed by atoms with Crippen LogP contribution in [0.2, 0.25) is 5.02 Å². The van der Waals surface area contributed by atoms with Crippen molar-refractivity contribution >= 4 is 22.7 Å². The van der Waals surface area contributed by atoms with Crippen molar-refractivity contribution < 1.29 is 8.81 Å². The topological polar surface area (TPSA) is 49.8 Å².